The molecule has 1 heteroatoms. The van der Waals surface area contributed by atoms with Crippen LogP contribution in [-0.2, 0) is 0 Å². The number of benzene rings is 3. The number of hydrogen-bond donors (Lipinski definition) is 0. The van der Waals surface area contributed by atoms with Gasteiger partial charge < -0.3 is 0 Å². The van der Waals surface area contributed by atoms with Crippen LogP contribution in [0, 0.1) is 0 Å². The van der Waals surface area contributed by atoms with Gasteiger partial charge in [0.1, 0.15) is 0 Å². The molecular formula is C20H16Te. The third-order valence-electron chi connectivity index (χ3n) is 3.23. The fourth-order valence-corrected chi connectivity index (χ4v) is 4.56. The average molecular weight is 384 g/mol. The average Bonchev–Trinajstić information content (AvgIpc) is 2.58. The monoisotopic (exact) mass is 386 g/mol. The predicted octanol–water partition coefficient (Wildman–Crippen LogP) is 4.11. The van der Waals surface area contributed by atoms with Gasteiger partial charge in [-0.2, -0.15) is 0 Å². The van der Waals surface area contributed by atoms with Crippen molar-refractivity contribution in [3.63, 3.8) is 0 Å². The van der Waals surface area contributed by atoms with Crippen LogP contribution < -0.4 is 3.61 Å². The van der Waals surface area contributed by atoms with Crippen LogP contribution in [0.15, 0.2) is 95.1 Å². The molecule has 0 aliphatic rings. The minimum atomic E-state index is -0.322. The fourth-order valence-electron chi connectivity index (χ4n) is 2.16. The summed E-state index contributed by atoms with van der Waals surface area (Å²) in [7, 11) is 0. The molecule has 0 unspecified atom stereocenters. The topological polar surface area (TPSA) is 0 Å². The van der Waals surface area contributed by atoms with Crippen molar-refractivity contribution in [2.75, 3.05) is 0 Å². The SMILES string of the molecule is C([Te]c1ccccc1)=C(c1ccccc1)c1ccccc1. The van der Waals surface area contributed by atoms with Crippen LogP contribution in [0.3, 0.4) is 0 Å². The Morgan fingerprint density at radius 1 is 0.571 bits per heavy atom. The van der Waals surface area contributed by atoms with Crippen LogP contribution in [-0.4, -0.2) is 20.9 Å². The molecule has 0 nitrogen and oxygen atoms in total. The molecule has 3 aromatic carbocycles. The van der Waals surface area contributed by atoms with Crippen molar-refractivity contribution in [2.45, 2.75) is 0 Å². The predicted molar refractivity (Wildman–Crippen MR) is 91.8 cm³/mol. The Morgan fingerprint density at radius 2 is 1.00 bits per heavy atom. The van der Waals surface area contributed by atoms with Gasteiger partial charge in [0.15, 0.2) is 0 Å². The molecule has 0 radical (unpaired) electrons. The van der Waals surface area contributed by atoms with Gasteiger partial charge in [0.25, 0.3) is 0 Å². The van der Waals surface area contributed by atoms with Gasteiger partial charge in [-0.25, -0.2) is 0 Å². The van der Waals surface area contributed by atoms with Crippen LogP contribution in [0.4, 0.5) is 0 Å². The normalized spacial score (nSPS) is 10.1. The Hall–Kier alpha value is -1.81. The molecule has 0 saturated heterocycles. The second-order valence-electron chi connectivity index (χ2n) is 4.69. The zero-order valence-electron chi connectivity index (χ0n) is 11.6. The Labute approximate surface area is 136 Å². The van der Waals surface area contributed by atoms with Crippen molar-refractivity contribution in [1.29, 1.82) is 0 Å². The van der Waals surface area contributed by atoms with Crippen molar-refractivity contribution in [1.82, 2.24) is 0 Å². The molecule has 0 bridgehead atoms. The Morgan fingerprint density at radius 3 is 1.48 bits per heavy atom. The zero-order chi connectivity index (χ0) is 14.3. The van der Waals surface area contributed by atoms with Gasteiger partial charge in [0.2, 0.25) is 0 Å². The van der Waals surface area contributed by atoms with Crippen molar-refractivity contribution in [2.24, 2.45) is 0 Å². The molecule has 0 aliphatic carbocycles. The Balaban J connectivity index is 1.97. The third kappa shape index (κ3) is 3.85. The summed E-state index contributed by atoms with van der Waals surface area (Å²) in [4.78, 5) is 0. The van der Waals surface area contributed by atoms with E-state index >= 15 is 0 Å². The van der Waals surface area contributed by atoms with E-state index in [1.165, 1.54) is 20.3 Å². The van der Waals surface area contributed by atoms with Gasteiger partial charge in [-0.1, -0.05) is 0 Å². The third-order valence-corrected chi connectivity index (χ3v) is 5.79. The van der Waals surface area contributed by atoms with E-state index < -0.39 is 0 Å². The summed E-state index contributed by atoms with van der Waals surface area (Å²) in [5.74, 6) is 0. The minimum absolute atomic E-state index is 0.322. The summed E-state index contributed by atoms with van der Waals surface area (Å²) >= 11 is -0.322. The first-order valence-electron chi connectivity index (χ1n) is 6.96. The van der Waals surface area contributed by atoms with E-state index in [0.717, 1.165) is 0 Å². The van der Waals surface area contributed by atoms with Crippen LogP contribution >= 0.6 is 0 Å². The van der Waals surface area contributed by atoms with Crippen molar-refractivity contribution < 1.29 is 0 Å². The van der Waals surface area contributed by atoms with Gasteiger partial charge in [-0.05, 0) is 0 Å². The van der Waals surface area contributed by atoms with Gasteiger partial charge in [-0.3, -0.25) is 0 Å². The first-order valence-corrected chi connectivity index (χ1v) is 9.47. The molecule has 0 aliphatic heterocycles. The molecule has 3 rings (SSSR count). The molecule has 0 saturated carbocycles. The van der Waals surface area contributed by atoms with Gasteiger partial charge in [-0.15, -0.1) is 0 Å². The molecule has 0 atom stereocenters. The molecular weight excluding hydrogens is 368 g/mol. The fraction of sp³-hybridized carbons (Fsp3) is 0. The maximum absolute atomic E-state index is 2.45. The van der Waals surface area contributed by atoms with Gasteiger partial charge in [0, 0.05) is 0 Å². The molecule has 0 heterocycles. The molecule has 21 heavy (non-hydrogen) atoms. The Bertz CT molecular complexity index is 659. The van der Waals surface area contributed by atoms with E-state index in [1.807, 2.05) is 0 Å². The van der Waals surface area contributed by atoms with E-state index in [0.29, 0.717) is 0 Å². The second kappa shape index (κ2) is 7.27. The molecule has 0 aromatic heterocycles. The summed E-state index contributed by atoms with van der Waals surface area (Å²) in [6.45, 7) is 0. The molecule has 0 amide bonds. The summed E-state index contributed by atoms with van der Waals surface area (Å²) in [5, 5.41) is 0. The summed E-state index contributed by atoms with van der Waals surface area (Å²) in [5.41, 5.74) is 3.94. The number of hydrogen-bond acceptors (Lipinski definition) is 0. The maximum atomic E-state index is 2.45. The summed E-state index contributed by atoms with van der Waals surface area (Å²) in [6, 6.07) is 32.1. The van der Waals surface area contributed by atoms with E-state index in [2.05, 4.69) is 95.1 Å². The van der Waals surface area contributed by atoms with Gasteiger partial charge in [0.05, 0.1) is 0 Å². The van der Waals surface area contributed by atoms with Crippen molar-refractivity contribution in [3.8, 4) is 0 Å². The van der Waals surface area contributed by atoms with Crippen LogP contribution in [0.25, 0.3) is 5.57 Å². The van der Waals surface area contributed by atoms with E-state index in [-0.39, 0.29) is 20.9 Å². The molecule has 0 fully saturated rings. The molecule has 102 valence electrons. The van der Waals surface area contributed by atoms with E-state index in [4.69, 9.17) is 0 Å². The standard InChI is InChI=1S/C20H16Te/c1-4-10-17(11-5-1)20(18-12-6-2-7-13-18)16-21-19-14-8-3-9-15-19/h1-16H. The van der Waals surface area contributed by atoms with E-state index in [9.17, 15) is 0 Å². The molecule has 0 N–H and O–H groups in total. The second-order valence-corrected chi connectivity index (χ2v) is 7.39. The first kappa shape index (κ1) is 14.1. The van der Waals surface area contributed by atoms with Crippen LogP contribution in [0.1, 0.15) is 11.1 Å². The molecule has 0 spiro atoms. The van der Waals surface area contributed by atoms with Gasteiger partial charge >= 0.3 is 136 Å². The first-order chi connectivity index (χ1) is 10.4. The Kier molecular flexibility index (Phi) is 4.90. The van der Waals surface area contributed by atoms with E-state index in [1.54, 1.807) is 0 Å². The number of rotatable bonds is 4. The quantitative estimate of drug-likeness (QED) is 0.595. The zero-order valence-corrected chi connectivity index (χ0v) is 14.0. The van der Waals surface area contributed by atoms with Crippen LogP contribution in [0.2, 0.25) is 0 Å². The molecule has 3 aromatic rings. The summed E-state index contributed by atoms with van der Waals surface area (Å²) in [6.07, 6.45) is 0. The van der Waals surface area contributed by atoms with Crippen molar-refractivity contribution >= 4 is 30.1 Å². The summed E-state index contributed by atoms with van der Waals surface area (Å²) < 4.78 is 3.91. The van der Waals surface area contributed by atoms with Crippen molar-refractivity contribution in [3.05, 3.63) is 106 Å². The van der Waals surface area contributed by atoms with Crippen LogP contribution in [0.5, 0.6) is 0 Å².